The van der Waals surface area contributed by atoms with Gasteiger partial charge in [-0.15, -0.1) is 0 Å². The fourth-order valence-electron chi connectivity index (χ4n) is 2.31. The smallest absolute Gasteiger partial charge is 0.221 e. The van der Waals surface area contributed by atoms with E-state index in [-0.39, 0.29) is 11.3 Å². The van der Waals surface area contributed by atoms with Gasteiger partial charge in [-0.2, -0.15) is 5.26 Å². The monoisotopic (exact) mass is 236 g/mol. The third-order valence-electron chi connectivity index (χ3n) is 3.55. The van der Waals surface area contributed by atoms with Crippen molar-refractivity contribution >= 4 is 5.91 Å². The highest BCUT2D eigenvalue weighted by Crippen LogP contribution is 2.28. The molecule has 0 heterocycles. The number of carbonyl (C=O) groups is 1. The van der Waals surface area contributed by atoms with Crippen LogP contribution in [0.5, 0.6) is 0 Å². The molecule has 1 atom stereocenters. The molecule has 1 N–H and O–H groups in total. The normalized spacial score (nSPS) is 18.7. The Morgan fingerprint density at radius 1 is 1.41 bits per heavy atom. The molecule has 0 radical (unpaired) electrons. The maximum atomic E-state index is 11.8. The maximum Gasteiger partial charge on any atom is 0.221 e. The summed E-state index contributed by atoms with van der Waals surface area (Å²) in [4.78, 5) is 11.8. The first-order valence-electron chi connectivity index (χ1n) is 6.62. The molecule has 0 bridgehead atoms. The van der Waals surface area contributed by atoms with Crippen LogP contribution in [0.25, 0.3) is 0 Å². The van der Waals surface area contributed by atoms with E-state index in [0.29, 0.717) is 6.42 Å². The molecular weight excluding hydrogens is 212 g/mol. The number of carbonyl (C=O) groups excluding carboxylic acids is 1. The Hall–Kier alpha value is -1.04. The van der Waals surface area contributed by atoms with Crippen LogP contribution in [0.4, 0.5) is 0 Å². The van der Waals surface area contributed by atoms with Crippen LogP contribution < -0.4 is 5.32 Å². The van der Waals surface area contributed by atoms with Crippen molar-refractivity contribution in [2.45, 2.75) is 65.3 Å². The predicted octanol–water partition coefficient (Wildman–Crippen LogP) is 3.01. The molecule has 96 valence electrons. The van der Waals surface area contributed by atoms with Gasteiger partial charge < -0.3 is 5.32 Å². The fraction of sp³-hybridized carbons (Fsp3) is 0.857. The Labute approximate surface area is 105 Å². The van der Waals surface area contributed by atoms with E-state index in [1.165, 1.54) is 25.7 Å². The molecule has 1 rings (SSSR count). The van der Waals surface area contributed by atoms with Gasteiger partial charge in [0.1, 0.15) is 6.04 Å². The summed E-state index contributed by atoms with van der Waals surface area (Å²) in [6.07, 6.45) is 6.72. The van der Waals surface area contributed by atoms with E-state index < -0.39 is 6.04 Å². The molecule has 1 fully saturated rings. The minimum absolute atomic E-state index is 0.0263. The van der Waals surface area contributed by atoms with Gasteiger partial charge in [0.15, 0.2) is 0 Å². The Bertz CT molecular complexity index is 292. The second-order valence-corrected chi connectivity index (χ2v) is 6.18. The molecule has 0 aromatic carbocycles. The molecule has 17 heavy (non-hydrogen) atoms. The standard InChI is InChI=1S/C14H24N2O/c1-14(2,3)12(10-15)16-13(17)9-8-11-6-4-5-7-11/h11-12H,4-9H2,1-3H3,(H,16,17)/t12-/m1/s1. The zero-order valence-corrected chi connectivity index (χ0v) is 11.3. The van der Waals surface area contributed by atoms with E-state index in [4.69, 9.17) is 5.26 Å². The second kappa shape index (κ2) is 6.05. The quantitative estimate of drug-likeness (QED) is 0.815. The summed E-state index contributed by atoms with van der Waals surface area (Å²) in [5, 5.41) is 11.9. The molecule has 3 nitrogen and oxygen atoms in total. The molecule has 1 amide bonds. The topological polar surface area (TPSA) is 52.9 Å². The zero-order valence-electron chi connectivity index (χ0n) is 11.3. The summed E-state index contributed by atoms with van der Waals surface area (Å²) >= 11 is 0. The van der Waals surface area contributed by atoms with E-state index in [2.05, 4.69) is 11.4 Å². The molecule has 0 unspecified atom stereocenters. The third-order valence-corrected chi connectivity index (χ3v) is 3.55. The van der Waals surface area contributed by atoms with Crippen molar-refractivity contribution in [2.24, 2.45) is 11.3 Å². The molecule has 0 saturated heterocycles. The first-order valence-corrected chi connectivity index (χ1v) is 6.62. The minimum Gasteiger partial charge on any atom is -0.340 e. The zero-order chi connectivity index (χ0) is 12.9. The van der Waals surface area contributed by atoms with E-state index in [9.17, 15) is 4.79 Å². The van der Waals surface area contributed by atoms with E-state index in [1.807, 2.05) is 20.8 Å². The van der Waals surface area contributed by atoms with Crippen molar-refractivity contribution in [2.75, 3.05) is 0 Å². The van der Waals surface area contributed by atoms with E-state index in [0.717, 1.165) is 12.3 Å². The first kappa shape index (κ1) is 14.0. The summed E-state index contributed by atoms with van der Waals surface area (Å²) in [7, 11) is 0. The molecule has 1 aliphatic rings. The van der Waals surface area contributed by atoms with Crippen LogP contribution in [0.1, 0.15) is 59.3 Å². The number of hydrogen-bond acceptors (Lipinski definition) is 2. The molecule has 1 saturated carbocycles. The van der Waals surface area contributed by atoms with Gasteiger partial charge in [0, 0.05) is 6.42 Å². The van der Waals surface area contributed by atoms with Gasteiger partial charge in [0.2, 0.25) is 5.91 Å². The largest absolute Gasteiger partial charge is 0.340 e. The summed E-state index contributed by atoms with van der Waals surface area (Å²) < 4.78 is 0. The molecule has 0 aliphatic heterocycles. The average molecular weight is 236 g/mol. The summed E-state index contributed by atoms with van der Waals surface area (Å²) in [6.45, 7) is 5.91. The lowest BCUT2D eigenvalue weighted by molar-refractivity contribution is -0.122. The summed E-state index contributed by atoms with van der Waals surface area (Å²) in [6, 6.07) is 1.78. The second-order valence-electron chi connectivity index (χ2n) is 6.18. The Kier molecular flexibility index (Phi) is 4.99. The number of amides is 1. The summed E-state index contributed by atoms with van der Waals surface area (Å²) in [5.41, 5.74) is -0.197. The Balaban J connectivity index is 2.30. The van der Waals surface area contributed by atoms with Crippen LogP contribution in [0.15, 0.2) is 0 Å². The Morgan fingerprint density at radius 3 is 2.47 bits per heavy atom. The van der Waals surface area contributed by atoms with Crippen LogP contribution in [0.2, 0.25) is 0 Å². The van der Waals surface area contributed by atoms with Gasteiger partial charge in [-0.25, -0.2) is 0 Å². The SMILES string of the molecule is CC(C)(C)[C@@H](C#N)NC(=O)CCC1CCCC1. The molecule has 0 aromatic rings. The average Bonchev–Trinajstić information content (AvgIpc) is 2.74. The van der Waals surface area contributed by atoms with Crippen LogP contribution in [0.3, 0.4) is 0 Å². The summed E-state index contributed by atoms with van der Waals surface area (Å²) in [5.74, 6) is 0.759. The van der Waals surface area contributed by atoms with Crippen LogP contribution in [-0.4, -0.2) is 11.9 Å². The van der Waals surface area contributed by atoms with Gasteiger partial charge in [-0.05, 0) is 17.8 Å². The number of nitriles is 1. The van der Waals surface area contributed by atoms with Crippen molar-refractivity contribution in [3.63, 3.8) is 0 Å². The number of nitrogens with one attached hydrogen (secondary N) is 1. The van der Waals surface area contributed by atoms with Crippen LogP contribution >= 0.6 is 0 Å². The molecular formula is C14H24N2O. The lowest BCUT2D eigenvalue weighted by Gasteiger charge is -2.25. The van der Waals surface area contributed by atoms with Gasteiger partial charge in [-0.1, -0.05) is 46.5 Å². The number of hydrogen-bond donors (Lipinski definition) is 1. The lowest BCUT2D eigenvalue weighted by atomic mass is 9.87. The van der Waals surface area contributed by atoms with Gasteiger partial charge in [-0.3, -0.25) is 4.79 Å². The highest BCUT2D eigenvalue weighted by Gasteiger charge is 2.26. The van der Waals surface area contributed by atoms with Crippen molar-refractivity contribution in [1.29, 1.82) is 5.26 Å². The molecule has 1 aliphatic carbocycles. The van der Waals surface area contributed by atoms with Gasteiger partial charge in [0.05, 0.1) is 6.07 Å². The maximum absolute atomic E-state index is 11.8. The van der Waals surface area contributed by atoms with Crippen LogP contribution in [-0.2, 0) is 4.79 Å². The minimum atomic E-state index is -0.390. The lowest BCUT2D eigenvalue weighted by Crippen LogP contribution is -2.42. The fourth-order valence-corrected chi connectivity index (χ4v) is 2.31. The number of nitrogens with zero attached hydrogens (tertiary/aromatic N) is 1. The van der Waals surface area contributed by atoms with Crippen LogP contribution in [0, 0.1) is 22.7 Å². The number of rotatable bonds is 4. The Morgan fingerprint density at radius 2 is 2.00 bits per heavy atom. The predicted molar refractivity (Wildman–Crippen MR) is 68.2 cm³/mol. The van der Waals surface area contributed by atoms with Gasteiger partial charge >= 0.3 is 0 Å². The highest BCUT2D eigenvalue weighted by molar-refractivity contribution is 5.76. The van der Waals surface area contributed by atoms with Gasteiger partial charge in [0.25, 0.3) is 0 Å². The van der Waals surface area contributed by atoms with Crippen molar-refractivity contribution in [3.05, 3.63) is 0 Å². The van der Waals surface area contributed by atoms with Crippen molar-refractivity contribution < 1.29 is 4.79 Å². The highest BCUT2D eigenvalue weighted by atomic mass is 16.1. The van der Waals surface area contributed by atoms with Crippen molar-refractivity contribution in [3.8, 4) is 6.07 Å². The molecule has 0 aromatic heterocycles. The van der Waals surface area contributed by atoms with Crippen molar-refractivity contribution in [1.82, 2.24) is 5.32 Å². The molecule has 0 spiro atoms. The third kappa shape index (κ3) is 4.77. The van der Waals surface area contributed by atoms with E-state index in [1.54, 1.807) is 0 Å². The first-order chi connectivity index (χ1) is 7.93. The van der Waals surface area contributed by atoms with E-state index >= 15 is 0 Å². The molecule has 3 heteroatoms.